The second-order valence-corrected chi connectivity index (χ2v) is 4.44. The summed E-state index contributed by atoms with van der Waals surface area (Å²) in [5.74, 6) is -1.41. The molecule has 1 heterocycles. The van der Waals surface area contributed by atoms with Crippen LogP contribution < -0.4 is 5.73 Å². The molecule has 0 amide bonds. The lowest BCUT2D eigenvalue weighted by molar-refractivity contribution is -0.138. The first-order chi connectivity index (χ1) is 6.52. The summed E-state index contributed by atoms with van der Waals surface area (Å²) in [6.45, 7) is 0. The van der Waals surface area contributed by atoms with E-state index in [0.717, 1.165) is 0 Å². The minimum absolute atomic E-state index is 0.172. The summed E-state index contributed by atoms with van der Waals surface area (Å²) in [4.78, 5) is 22.4. The summed E-state index contributed by atoms with van der Waals surface area (Å²) in [6.07, 6.45) is -0.172. The number of carbonyl (C=O) groups excluding carboxylic acids is 1. The van der Waals surface area contributed by atoms with Gasteiger partial charge in [-0.05, 0) is 27.4 Å². The van der Waals surface area contributed by atoms with E-state index >= 15 is 0 Å². The van der Waals surface area contributed by atoms with Gasteiger partial charge >= 0.3 is 5.97 Å². The maximum atomic E-state index is 11.5. The SMILES string of the molecule is NC(CC(=O)c1sccc1Br)C(=O)O. The average Bonchev–Trinajstić information content (AvgIpc) is 2.51. The van der Waals surface area contributed by atoms with Crippen molar-refractivity contribution < 1.29 is 14.7 Å². The Bertz CT molecular complexity index is 363. The number of halogens is 1. The predicted molar refractivity (Wildman–Crippen MR) is 56.6 cm³/mol. The summed E-state index contributed by atoms with van der Waals surface area (Å²) in [7, 11) is 0. The average molecular weight is 278 g/mol. The molecule has 0 saturated heterocycles. The highest BCUT2D eigenvalue weighted by Gasteiger charge is 2.19. The highest BCUT2D eigenvalue weighted by molar-refractivity contribution is 9.10. The minimum Gasteiger partial charge on any atom is -0.480 e. The van der Waals surface area contributed by atoms with Crippen LogP contribution in [0.4, 0.5) is 0 Å². The van der Waals surface area contributed by atoms with Crippen LogP contribution in [-0.4, -0.2) is 22.9 Å². The quantitative estimate of drug-likeness (QED) is 0.818. The fraction of sp³-hybridized carbons (Fsp3) is 0.250. The molecule has 0 saturated carbocycles. The fourth-order valence-corrected chi connectivity index (χ4v) is 2.42. The van der Waals surface area contributed by atoms with Crippen LogP contribution in [0, 0.1) is 0 Å². The van der Waals surface area contributed by atoms with Gasteiger partial charge in [-0.1, -0.05) is 0 Å². The summed E-state index contributed by atoms with van der Waals surface area (Å²) < 4.78 is 0.685. The lowest BCUT2D eigenvalue weighted by Crippen LogP contribution is -2.32. The number of aliphatic carboxylic acids is 1. The zero-order chi connectivity index (χ0) is 10.7. The zero-order valence-electron chi connectivity index (χ0n) is 7.07. The van der Waals surface area contributed by atoms with Crippen LogP contribution in [0.3, 0.4) is 0 Å². The largest absolute Gasteiger partial charge is 0.480 e. The van der Waals surface area contributed by atoms with Gasteiger partial charge in [0.05, 0.1) is 4.88 Å². The number of hydrogen-bond donors (Lipinski definition) is 2. The van der Waals surface area contributed by atoms with Crippen LogP contribution in [0.5, 0.6) is 0 Å². The molecular weight excluding hydrogens is 270 g/mol. The Balaban J connectivity index is 2.69. The van der Waals surface area contributed by atoms with E-state index in [1.54, 1.807) is 11.4 Å². The number of carbonyl (C=O) groups is 2. The maximum absolute atomic E-state index is 11.5. The first kappa shape index (κ1) is 11.4. The first-order valence-electron chi connectivity index (χ1n) is 3.77. The molecule has 4 nitrogen and oxygen atoms in total. The molecule has 0 radical (unpaired) electrons. The van der Waals surface area contributed by atoms with Gasteiger partial charge in [-0.2, -0.15) is 0 Å². The van der Waals surface area contributed by atoms with Crippen molar-refractivity contribution in [1.82, 2.24) is 0 Å². The number of ketones is 1. The number of rotatable bonds is 4. The molecule has 76 valence electrons. The molecule has 0 spiro atoms. The Morgan fingerprint density at radius 2 is 2.29 bits per heavy atom. The molecule has 0 fully saturated rings. The molecule has 1 atom stereocenters. The summed E-state index contributed by atoms with van der Waals surface area (Å²) in [5.41, 5.74) is 5.24. The van der Waals surface area contributed by atoms with Crippen LogP contribution in [0.15, 0.2) is 15.9 Å². The van der Waals surface area contributed by atoms with Gasteiger partial charge in [0.2, 0.25) is 0 Å². The third-order valence-electron chi connectivity index (χ3n) is 1.59. The van der Waals surface area contributed by atoms with E-state index in [0.29, 0.717) is 9.35 Å². The van der Waals surface area contributed by atoms with E-state index in [1.807, 2.05) is 0 Å². The number of hydrogen-bond acceptors (Lipinski definition) is 4. The molecule has 0 aliphatic heterocycles. The van der Waals surface area contributed by atoms with E-state index in [2.05, 4.69) is 15.9 Å². The Hall–Kier alpha value is -0.720. The van der Waals surface area contributed by atoms with Crippen molar-refractivity contribution in [2.24, 2.45) is 5.73 Å². The third kappa shape index (κ3) is 2.63. The van der Waals surface area contributed by atoms with E-state index in [1.165, 1.54) is 11.3 Å². The van der Waals surface area contributed by atoms with E-state index in [4.69, 9.17) is 10.8 Å². The summed E-state index contributed by atoms with van der Waals surface area (Å²) in [6, 6.07) is 0.612. The number of nitrogens with two attached hydrogens (primary N) is 1. The molecule has 1 rings (SSSR count). The third-order valence-corrected chi connectivity index (χ3v) is 3.47. The molecule has 0 aromatic carbocycles. The summed E-state index contributed by atoms with van der Waals surface area (Å²) in [5, 5.41) is 10.3. The van der Waals surface area contributed by atoms with E-state index in [9.17, 15) is 9.59 Å². The second kappa shape index (κ2) is 4.68. The monoisotopic (exact) mass is 277 g/mol. The Morgan fingerprint density at radius 1 is 1.64 bits per heavy atom. The first-order valence-corrected chi connectivity index (χ1v) is 5.44. The van der Waals surface area contributed by atoms with Gasteiger partial charge in [0.1, 0.15) is 6.04 Å². The zero-order valence-corrected chi connectivity index (χ0v) is 9.47. The van der Waals surface area contributed by atoms with Gasteiger partial charge in [-0.25, -0.2) is 0 Å². The van der Waals surface area contributed by atoms with Crippen molar-refractivity contribution >= 4 is 39.0 Å². The molecule has 1 aromatic heterocycles. The highest BCUT2D eigenvalue weighted by Crippen LogP contribution is 2.24. The Labute approximate surface area is 92.9 Å². The smallest absolute Gasteiger partial charge is 0.320 e. The van der Waals surface area contributed by atoms with Crippen molar-refractivity contribution in [2.75, 3.05) is 0 Å². The molecule has 3 N–H and O–H groups in total. The number of carboxylic acids is 1. The minimum atomic E-state index is -1.16. The predicted octanol–water partition coefficient (Wildman–Crippen LogP) is 1.50. The number of carboxylic acid groups (broad SMARTS) is 1. The van der Waals surface area contributed by atoms with Crippen LogP contribution in [-0.2, 0) is 4.79 Å². The van der Waals surface area contributed by atoms with Crippen LogP contribution in [0.2, 0.25) is 0 Å². The lowest BCUT2D eigenvalue weighted by atomic mass is 10.1. The van der Waals surface area contributed by atoms with Gasteiger partial charge in [0.15, 0.2) is 5.78 Å². The van der Waals surface area contributed by atoms with Gasteiger partial charge in [0.25, 0.3) is 0 Å². The number of thiophene rings is 1. The molecule has 14 heavy (non-hydrogen) atoms. The van der Waals surface area contributed by atoms with Crippen molar-refractivity contribution in [3.05, 3.63) is 20.8 Å². The molecule has 0 aliphatic carbocycles. The molecule has 1 unspecified atom stereocenters. The van der Waals surface area contributed by atoms with Crippen LogP contribution >= 0.6 is 27.3 Å². The molecule has 0 bridgehead atoms. The lowest BCUT2D eigenvalue weighted by Gasteiger charge is -2.03. The van der Waals surface area contributed by atoms with Crippen molar-refractivity contribution in [3.8, 4) is 0 Å². The van der Waals surface area contributed by atoms with Gasteiger partial charge in [0, 0.05) is 10.9 Å². The van der Waals surface area contributed by atoms with Crippen molar-refractivity contribution in [3.63, 3.8) is 0 Å². The van der Waals surface area contributed by atoms with Crippen LogP contribution in [0.1, 0.15) is 16.1 Å². The molecule has 0 aliphatic rings. The summed E-state index contributed by atoms with van der Waals surface area (Å²) >= 11 is 4.46. The Kier molecular flexibility index (Phi) is 3.79. The number of Topliss-reactive ketones (excluding diaryl/α,β-unsaturated/α-hetero) is 1. The van der Waals surface area contributed by atoms with Crippen molar-refractivity contribution in [1.29, 1.82) is 0 Å². The topological polar surface area (TPSA) is 80.4 Å². The van der Waals surface area contributed by atoms with Crippen LogP contribution in [0.25, 0.3) is 0 Å². The molecule has 6 heteroatoms. The standard InChI is InChI=1S/C8H8BrNO3S/c9-4-1-2-14-7(4)6(11)3-5(10)8(12)13/h1-2,5H,3,10H2,(H,12,13). The molecule has 1 aromatic rings. The molecular formula is C8H8BrNO3S. The fourth-order valence-electron chi connectivity index (χ4n) is 0.872. The second-order valence-electron chi connectivity index (χ2n) is 2.67. The van der Waals surface area contributed by atoms with Gasteiger partial charge in [-0.3, -0.25) is 9.59 Å². The van der Waals surface area contributed by atoms with Gasteiger partial charge in [-0.15, -0.1) is 11.3 Å². The van der Waals surface area contributed by atoms with E-state index in [-0.39, 0.29) is 12.2 Å². The highest BCUT2D eigenvalue weighted by atomic mass is 79.9. The van der Waals surface area contributed by atoms with E-state index < -0.39 is 12.0 Å². The Morgan fingerprint density at radius 3 is 2.71 bits per heavy atom. The maximum Gasteiger partial charge on any atom is 0.320 e. The normalized spacial score (nSPS) is 12.4. The van der Waals surface area contributed by atoms with Crippen molar-refractivity contribution in [2.45, 2.75) is 12.5 Å². The van der Waals surface area contributed by atoms with Gasteiger partial charge < -0.3 is 10.8 Å².